The topological polar surface area (TPSA) is 6.48 Å². The number of rotatable bonds is 9. The highest BCUT2D eigenvalue weighted by atomic mass is 15.3. The van der Waals surface area contributed by atoms with Crippen LogP contribution in [0.5, 0.6) is 0 Å². The molecule has 0 saturated heterocycles. The Kier molecular flexibility index (Phi) is 9.16. The molecule has 0 aromatic heterocycles. The van der Waals surface area contributed by atoms with Gasteiger partial charge in [-0.25, -0.2) is 0 Å². The summed E-state index contributed by atoms with van der Waals surface area (Å²) in [5.41, 5.74) is 0. The van der Waals surface area contributed by atoms with Gasteiger partial charge in [-0.2, -0.15) is 0 Å². The summed E-state index contributed by atoms with van der Waals surface area (Å²) < 4.78 is 0. The van der Waals surface area contributed by atoms with Crippen molar-refractivity contribution in [2.24, 2.45) is 0 Å². The Morgan fingerprint density at radius 1 is 0.800 bits per heavy atom. The standard InChI is InChI=1S/C17H35BN2/c1-10-11-12-13-18(19(14(2)3)15(4)5)20(16(6)7)17(8)9/h10-12,14-17H,1,13H2,2-9H3/b12-11+. The molecule has 3 heteroatoms. The average Bonchev–Trinajstić information content (AvgIpc) is 2.26. The first kappa shape index (κ1) is 19.5. The van der Waals surface area contributed by atoms with Crippen molar-refractivity contribution in [2.45, 2.75) is 85.9 Å². The first-order valence-corrected chi connectivity index (χ1v) is 8.06. The molecule has 0 aliphatic carbocycles. The molecule has 0 radical (unpaired) electrons. The molecule has 0 rings (SSSR count). The second-order valence-electron chi connectivity index (χ2n) is 6.65. The molecule has 0 amide bonds. The summed E-state index contributed by atoms with van der Waals surface area (Å²) in [6.45, 7) is 22.6. The Bertz CT molecular complexity index is 259. The van der Waals surface area contributed by atoms with Crippen molar-refractivity contribution < 1.29 is 0 Å². The van der Waals surface area contributed by atoms with Gasteiger partial charge in [0.15, 0.2) is 0 Å². The van der Waals surface area contributed by atoms with Crippen LogP contribution in [0.15, 0.2) is 24.8 Å². The van der Waals surface area contributed by atoms with Crippen LogP contribution in [0.4, 0.5) is 0 Å². The van der Waals surface area contributed by atoms with Crippen molar-refractivity contribution in [1.82, 2.24) is 9.62 Å². The van der Waals surface area contributed by atoms with Crippen LogP contribution in [0, 0.1) is 0 Å². The summed E-state index contributed by atoms with van der Waals surface area (Å²) in [5, 5.41) is 0. The molecule has 0 aromatic rings. The average molecular weight is 278 g/mol. The van der Waals surface area contributed by atoms with E-state index in [1.807, 2.05) is 6.08 Å². The lowest BCUT2D eigenvalue weighted by molar-refractivity contribution is 0.222. The van der Waals surface area contributed by atoms with E-state index in [-0.39, 0.29) is 0 Å². The van der Waals surface area contributed by atoms with Crippen molar-refractivity contribution >= 4 is 6.98 Å². The molecule has 0 saturated carbocycles. The summed E-state index contributed by atoms with van der Waals surface area (Å²) in [6.07, 6.45) is 7.21. The van der Waals surface area contributed by atoms with Crippen molar-refractivity contribution in [2.75, 3.05) is 0 Å². The molecule has 0 bridgehead atoms. The zero-order chi connectivity index (χ0) is 15.9. The quantitative estimate of drug-likeness (QED) is 0.454. The summed E-state index contributed by atoms with van der Waals surface area (Å²) in [7, 11) is 0. The van der Waals surface area contributed by atoms with E-state index >= 15 is 0 Å². The van der Waals surface area contributed by atoms with Gasteiger partial charge < -0.3 is 9.62 Å². The maximum Gasteiger partial charge on any atom is 0.315 e. The van der Waals surface area contributed by atoms with Gasteiger partial charge in [0.1, 0.15) is 0 Å². The molecule has 0 aliphatic heterocycles. The lowest BCUT2D eigenvalue weighted by Crippen LogP contribution is -2.61. The molecular formula is C17H35BN2. The molecule has 0 atom stereocenters. The number of hydrogen-bond donors (Lipinski definition) is 0. The molecule has 116 valence electrons. The van der Waals surface area contributed by atoms with E-state index in [0.717, 1.165) is 6.32 Å². The molecule has 0 aliphatic rings. The highest BCUT2D eigenvalue weighted by molar-refractivity contribution is 6.53. The first-order valence-electron chi connectivity index (χ1n) is 8.06. The molecule has 0 N–H and O–H groups in total. The summed E-state index contributed by atoms with van der Waals surface area (Å²) >= 11 is 0. The monoisotopic (exact) mass is 278 g/mol. The van der Waals surface area contributed by atoms with E-state index in [4.69, 9.17) is 0 Å². The Hall–Kier alpha value is -0.535. The largest absolute Gasteiger partial charge is 0.323 e. The number of nitrogens with zero attached hydrogens (tertiary/aromatic N) is 2. The van der Waals surface area contributed by atoms with Crippen molar-refractivity contribution in [3.63, 3.8) is 0 Å². The van der Waals surface area contributed by atoms with Crippen molar-refractivity contribution in [1.29, 1.82) is 0 Å². The van der Waals surface area contributed by atoms with E-state index in [2.05, 4.69) is 83.7 Å². The van der Waals surface area contributed by atoms with E-state index in [0.29, 0.717) is 31.1 Å². The third-order valence-electron chi connectivity index (χ3n) is 3.69. The second-order valence-corrected chi connectivity index (χ2v) is 6.65. The second kappa shape index (κ2) is 9.41. The predicted molar refractivity (Wildman–Crippen MR) is 94.1 cm³/mol. The molecule has 0 aromatic carbocycles. The molecule has 0 unspecified atom stereocenters. The van der Waals surface area contributed by atoms with Crippen LogP contribution >= 0.6 is 0 Å². The molecule has 2 nitrogen and oxygen atoms in total. The predicted octanol–water partition coefficient (Wildman–Crippen LogP) is 4.45. The van der Waals surface area contributed by atoms with Gasteiger partial charge in [0.25, 0.3) is 0 Å². The minimum Gasteiger partial charge on any atom is -0.323 e. The van der Waals surface area contributed by atoms with Crippen LogP contribution in [0.25, 0.3) is 0 Å². The third kappa shape index (κ3) is 5.84. The fourth-order valence-corrected chi connectivity index (χ4v) is 3.26. The summed E-state index contributed by atoms with van der Waals surface area (Å²) in [4.78, 5) is 5.24. The summed E-state index contributed by atoms with van der Waals surface area (Å²) in [5.74, 6) is 0. The lowest BCUT2D eigenvalue weighted by Gasteiger charge is -2.45. The van der Waals surface area contributed by atoms with Crippen LogP contribution in [-0.4, -0.2) is 40.8 Å². The molecule has 0 spiro atoms. The molecule has 0 heterocycles. The van der Waals surface area contributed by atoms with Crippen LogP contribution in [0.1, 0.15) is 55.4 Å². The first-order chi connectivity index (χ1) is 9.23. The number of hydrogen-bond acceptors (Lipinski definition) is 2. The normalized spacial score (nSPS) is 12.9. The Labute approximate surface area is 128 Å². The van der Waals surface area contributed by atoms with Gasteiger partial charge in [-0.05, 0) is 30.5 Å². The SMILES string of the molecule is C=C/C=C/CB(N(C(C)C)C(C)C)N(C(C)C)C(C)C. The van der Waals surface area contributed by atoms with Gasteiger partial charge in [-0.3, -0.25) is 0 Å². The highest BCUT2D eigenvalue weighted by Gasteiger charge is 2.35. The lowest BCUT2D eigenvalue weighted by atomic mass is 9.64. The minimum absolute atomic E-state index is 0.436. The zero-order valence-corrected chi connectivity index (χ0v) is 14.9. The third-order valence-corrected chi connectivity index (χ3v) is 3.69. The number of allylic oxidation sites excluding steroid dienone is 3. The van der Waals surface area contributed by atoms with Gasteiger partial charge in [0.2, 0.25) is 0 Å². The van der Waals surface area contributed by atoms with Crippen LogP contribution < -0.4 is 0 Å². The highest BCUT2D eigenvalue weighted by Crippen LogP contribution is 2.20. The Balaban J connectivity index is 5.41. The van der Waals surface area contributed by atoms with Gasteiger partial charge in [-0.1, -0.05) is 80.2 Å². The summed E-state index contributed by atoms with van der Waals surface area (Å²) in [6, 6.07) is 2.16. The Morgan fingerprint density at radius 3 is 1.40 bits per heavy atom. The molecule has 0 fully saturated rings. The van der Waals surface area contributed by atoms with E-state index < -0.39 is 0 Å². The van der Waals surface area contributed by atoms with Crippen molar-refractivity contribution in [3.05, 3.63) is 24.8 Å². The van der Waals surface area contributed by atoms with E-state index in [9.17, 15) is 0 Å². The smallest absolute Gasteiger partial charge is 0.315 e. The Morgan fingerprint density at radius 2 is 1.15 bits per heavy atom. The van der Waals surface area contributed by atoms with Gasteiger partial charge in [0.05, 0.1) is 0 Å². The van der Waals surface area contributed by atoms with Crippen molar-refractivity contribution in [3.8, 4) is 0 Å². The zero-order valence-electron chi connectivity index (χ0n) is 14.9. The van der Waals surface area contributed by atoms with Crippen LogP contribution in [-0.2, 0) is 0 Å². The molecular weight excluding hydrogens is 243 g/mol. The minimum atomic E-state index is 0.436. The van der Waals surface area contributed by atoms with Gasteiger partial charge in [-0.15, -0.1) is 0 Å². The fourth-order valence-electron chi connectivity index (χ4n) is 3.26. The van der Waals surface area contributed by atoms with Crippen LogP contribution in [0.2, 0.25) is 6.32 Å². The van der Waals surface area contributed by atoms with E-state index in [1.165, 1.54) is 0 Å². The van der Waals surface area contributed by atoms with Gasteiger partial charge >= 0.3 is 6.98 Å². The fraction of sp³-hybridized carbons (Fsp3) is 0.765. The maximum absolute atomic E-state index is 3.77. The maximum atomic E-state index is 3.77. The van der Waals surface area contributed by atoms with Gasteiger partial charge in [0, 0.05) is 0 Å². The van der Waals surface area contributed by atoms with Crippen LogP contribution in [0.3, 0.4) is 0 Å². The molecule has 20 heavy (non-hydrogen) atoms. The van der Waals surface area contributed by atoms with E-state index in [1.54, 1.807) is 0 Å².